The van der Waals surface area contributed by atoms with Gasteiger partial charge >= 0.3 is 0 Å². The Morgan fingerprint density at radius 3 is 2.70 bits per heavy atom. The summed E-state index contributed by atoms with van der Waals surface area (Å²) in [4.78, 5) is 14.6. The fourth-order valence-corrected chi connectivity index (χ4v) is 2.93. The third-order valence-electron chi connectivity index (χ3n) is 4.08. The first-order valence-electron chi connectivity index (χ1n) is 8.53. The minimum atomic E-state index is -0.504. The molecule has 7 heteroatoms. The summed E-state index contributed by atoms with van der Waals surface area (Å²) in [7, 11) is 0. The molecule has 0 unspecified atom stereocenters. The van der Waals surface area contributed by atoms with E-state index < -0.39 is 5.91 Å². The Bertz CT molecular complexity index is 886. The van der Waals surface area contributed by atoms with Crippen LogP contribution >= 0.6 is 11.6 Å². The van der Waals surface area contributed by atoms with Crippen LogP contribution in [0.5, 0.6) is 0 Å². The molecule has 2 aromatic rings. The lowest BCUT2D eigenvalue weighted by atomic mass is 10.2. The average molecular weight is 383 g/mol. The van der Waals surface area contributed by atoms with E-state index in [1.54, 1.807) is 24.3 Å². The molecule has 0 aliphatic carbocycles. The minimum absolute atomic E-state index is 0.0354. The van der Waals surface area contributed by atoms with Crippen molar-refractivity contribution >= 4 is 34.6 Å². The molecule has 0 radical (unpaired) electrons. The highest BCUT2D eigenvalue weighted by atomic mass is 35.5. The molecule has 27 heavy (non-hydrogen) atoms. The summed E-state index contributed by atoms with van der Waals surface area (Å²) in [5, 5.41) is 15.6. The number of benzene rings is 2. The molecule has 0 atom stereocenters. The molecular formula is C20H19ClN4O2. The fraction of sp³-hybridized carbons (Fsp3) is 0.200. The number of carbonyl (C=O) groups is 1. The van der Waals surface area contributed by atoms with Crippen molar-refractivity contribution in [3.63, 3.8) is 0 Å². The van der Waals surface area contributed by atoms with Crippen molar-refractivity contribution in [1.29, 1.82) is 5.26 Å². The monoisotopic (exact) mass is 382 g/mol. The molecule has 0 spiro atoms. The SMILES string of the molecule is N#C/C(=C/Nc1ccccc1N1CCOCC1)C(=O)Nc1cccc(Cl)c1. The first kappa shape index (κ1) is 18.8. The Kier molecular flexibility index (Phi) is 6.31. The van der Waals surface area contributed by atoms with Crippen molar-refractivity contribution in [3.05, 3.63) is 65.3 Å². The topological polar surface area (TPSA) is 77.4 Å². The number of nitrogens with zero attached hydrogens (tertiary/aromatic N) is 2. The van der Waals surface area contributed by atoms with E-state index in [4.69, 9.17) is 16.3 Å². The van der Waals surface area contributed by atoms with E-state index >= 15 is 0 Å². The van der Waals surface area contributed by atoms with Crippen LogP contribution in [0.25, 0.3) is 0 Å². The van der Waals surface area contributed by atoms with E-state index in [1.807, 2.05) is 30.3 Å². The standard InChI is InChI=1S/C20H19ClN4O2/c21-16-4-3-5-17(12-16)24-20(26)15(13-22)14-23-18-6-1-2-7-19(18)25-8-10-27-11-9-25/h1-7,12,14,23H,8-11H2,(H,24,26)/b15-14-. The van der Waals surface area contributed by atoms with Crippen molar-refractivity contribution in [2.45, 2.75) is 0 Å². The molecule has 2 aromatic carbocycles. The normalized spacial score (nSPS) is 14.4. The van der Waals surface area contributed by atoms with Gasteiger partial charge in [0, 0.05) is 30.0 Å². The van der Waals surface area contributed by atoms with Gasteiger partial charge in [0.2, 0.25) is 0 Å². The molecule has 0 saturated carbocycles. The fourth-order valence-electron chi connectivity index (χ4n) is 2.74. The first-order chi connectivity index (χ1) is 13.2. The lowest BCUT2D eigenvalue weighted by Crippen LogP contribution is -2.36. The van der Waals surface area contributed by atoms with Gasteiger partial charge in [-0.2, -0.15) is 5.26 Å². The molecular weight excluding hydrogens is 364 g/mol. The number of nitriles is 1. The number of ether oxygens (including phenoxy) is 1. The van der Waals surface area contributed by atoms with Gasteiger partial charge in [0.05, 0.1) is 24.6 Å². The van der Waals surface area contributed by atoms with Crippen molar-refractivity contribution in [3.8, 4) is 6.07 Å². The van der Waals surface area contributed by atoms with Crippen molar-refractivity contribution in [2.75, 3.05) is 41.8 Å². The number of morpholine rings is 1. The summed E-state index contributed by atoms with van der Waals surface area (Å²) in [5.41, 5.74) is 2.32. The maximum Gasteiger partial charge on any atom is 0.267 e. The Morgan fingerprint density at radius 1 is 1.19 bits per heavy atom. The summed E-state index contributed by atoms with van der Waals surface area (Å²) in [5.74, 6) is -0.504. The van der Waals surface area contributed by atoms with Crippen LogP contribution in [-0.4, -0.2) is 32.2 Å². The largest absolute Gasteiger partial charge is 0.378 e. The van der Waals surface area contributed by atoms with Gasteiger partial charge in [0.25, 0.3) is 5.91 Å². The Morgan fingerprint density at radius 2 is 1.96 bits per heavy atom. The van der Waals surface area contributed by atoms with E-state index in [0.29, 0.717) is 23.9 Å². The van der Waals surface area contributed by atoms with Crippen LogP contribution in [0, 0.1) is 11.3 Å². The van der Waals surface area contributed by atoms with Crippen LogP contribution in [0.2, 0.25) is 5.02 Å². The highest BCUT2D eigenvalue weighted by Gasteiger charge is 2.15. The number of carbonyl (C=O) groups excluding carboxylic acids is 1. The Hall–Kier alpha value is -3.01. The molecule has 2 N–H and O–H groups in total. The molecule has 0 bridgehead atoms. The predicted octanol–water partition coefficient (Wildman–Crippen LogP) is 3.63. The van der Waals surface area contributed by atoms with Gasteiger partial charge in [-0.15, -0.1) is 0 Å². The summed E-state index contributed by atoms with van der Waals surface area (Å²) in [6.45, 7) is 2.94. The lowest BCUT2D eigenvalue weighted by molar-refractivity contribution is -0.112. The van der Waals surface area contributed by atoms with Gasteiger partial charge < -0.3 is 20.3 Å². The average Bonchev–Trinajstić information content (AvgIpc) is 2.69. The second-order valence-electron chi connectivity index (χ2n) is 5.90. The first-order valence-corrected chi connectivity index (χ1v) is 8.90. The number of nitrogens with one attached hydrogen (secondary N) is 2. The van der Waals surface area contributed by atoms with E-state index in [9.17, 15) is 10.1 Å². The van der Waals surface area contributed by atoms with Gasteiger partial charge in [-0.3, -0.25) is 4.79 Å². The van der Waals surface area contributed by atoms with Crippen molar-refractivity contribution < 1.29 is 9.53 Å². The number of rotatable bonds is 5. The number of amides is 1. The van der Waals surface area contributed by atoms with E-state index in [2.05, 4.69) is 15.5 Å². The van der Waals surface area contributed by atoms with Gasteiger partial charge in [-0.05, 0) is 30.3 Å². The quantitative estimate of drug-likeness (QED) is 0.610. The molecule has 1 amide bonds. The third kappa shape index (κ3) is 5.00. The number of halogens is 1. The van der Waals surface area contributed by atoms with Crippen LogP contribution < -0.4 is 15.5 Å². The molecule has 138 valence electrons. The molecule has 3 rings (SSSR count). The van der Waals surface area contributed by atoms with Crippen LogP contribution in [0.15, 0.2) is 60.3 Å². The molecule has 1 aliphatic rings. The zero-order valence-corrected chi connectivity index (χ0v) is 15.4. The highest BCUT2D eigenvalue weighted by molar-refractivity contribution is 6.31. The summed E-state index contributed by atoms with van der Waals surface area (Å²) < 4.78 is 5.39. The minimum Gasteiger partial charge on any atom is -0.378 e. The molecule has 6 nitrogen and oxygen atoms in total. The predicted molar refractivity (Wildman–Crippen MR) is 107 cm³/mol. The second kappa shape index (κ2) is 9.08. The summed E-state index contributed by atoms with van der Waals surface area (Å²) in [6, 6.07) is 16.5. The number of hydrogen-bond acceptors (Lipinski definition) is 5. The van der Waals surface area contributed by atoms with Crippen LogP contribution in [0.3, 0.4) is 0 Å². The summed E-state index contributed by atoms with van der Waals surface area (Å²) in [6.07, 6.45) is 1.42. The van der Waals surface area contributed by atoms with Gasteiger partial charge in [-0.1, -0.05) is 29.8 Å². The maximum atomic E-state index is 12.4. The van der Waals surface area contributed by atoms with Crippen molar-refractivity contribution in [1.82, 2.24) is 0 Å². The molecule has 1 aliphatic heterocycles. The molecule has 1 fully saturated rings. The van der Waals surface area contributed by atoms with Crippen molar-refractivity contribution in [2.24, 2.45) is 0 Å². The zero-order chi connectivity index (χ0) is 19.1. The van der Waals surface area contributed by atoms with Gasteiger partial charge in [0.1, 0.15) is 11.6 Å². The van der Waals surface area contributed by atoms with Gasteiger partial charge in [0.15, 0.2) is 0 Å². The Labute approximate surface area is 163 Å². The van der Waals surface area contributed by atoms with Crippen LogP contribution in [-0.2, 0) is 9.53 Å². The lowest BCUT2D eigenvalue weighted by Gasteiger charge is -2.30. The van der Waals surface area contributed by atoms with E-state index in [-0.39, 0.29) is 5.57 Å². The molecule has 1 saturated heterocycles. The van der Waals surface area contributed by atoms with Crippen LogP contribution in [0.1, 0.15) is 0 Å². The Balaban J connectivity index is 1.73. The number of para-hydroxylation sites is 2. The molecule has 0 aromatic heterocycles. The van der Waals surface area contributed by atoms with Gasteiger partial charge in [-0.25, -0.2) is 0 Å². The second-order valence-corrected chi connectivity index (χ2v) is 6.33. The summed E-state index contributed by atoms with van der Waals surface area (Å²) >= 11 is 5.92. The third-order valence-corrected chi connectivity index (χ3v) is 4.31. The zero-order valence-electron chi connectivity index (χ0n) is 14.6. The maximum absolute atomic E-state index is 12.4. The molecule has 1 heterocycles. The number of hydrogen-bond donors (Lipinski definition) is 2. The van der Waals surface area contributed by atoms with E-state index in [0.717, 1.165) is 24.5 Å². The van der Waals surface area contributed by atoms with Crippen LogP contribution in [0.4, 0.5) is 17.1 Å². The number of anilines is 3. The van der Waals surface area contributed by atoms with E-state index in [1.165, 1.54) is 6.20 Å². The smallest absolute Gasteiger partial charge is 0.267 e. The highest BCUT2D eigenvalue weighted by Crippen LogP contribution is 2.26.